The van der Waals surface area contributed by atoms with Crippen LogP contribution in [0.25, 0.3) is 0 Å². The molecule has 0 atom stereocenters. The van der Waals surface area contributed by atoms with Crippen molar-refractivity contribution in [1.82, 2.24) is 4.98 Å². The number of aryl methyl sites for hydroxylation is 1. The van der Waals surface area contributed by atoms with E-state index in [1.807, 2.05) is 18.2 Å². The molecule has 29 heavy (non-hydrogen) atoms. The summed E-state index contributed by atoms with van der Waals surface area (Å²) in [6, 6.07) is 16.5. The average molecular weight is 399 g/mol. The molecule has 7 heteroatoms. The number of nitrogens with zero attached hydrogens (tertiary/aromatic N) is 1. The molecule has 0 unspecified atom stereocenters. The van der Waals surface area contributed by atoms with E-state index in [2.05, 4.69) is 27.8 Å². The minimum Gasteiger partial charge on any atom is -0.384 e. The number of halogens is 3. The number of hydrogen-bond donors (Lipinski definition) is 2. The van der Waals surface area contributed by atoms with Crippen LogP contribution in [0.4, 0.5) is 24.5 Å². The van der Waals surface area contributed by atoms with Crippen LogP contribution in [0.5, 0.6) is 0 Å². The molecule has 0 aliphatic carbocycles. The summed E-state index contributed by atoms with van der Waals surface area (Å²) < 4.78 is 39.3. The monoisotopic (exact) mass is 399 g/mol. The maximum Gasteiger partial charge on any atom is 0.418 e. The van der Waals surface area contributed by atoms with E-state index in [4.69, 9.17) is 0 Å². The number of rotatable bonds is 7. The SMILES string of the molecule is O=C(Nc1ccccc1C(F)(F)F)c1cncc(NCCCc2ccccc2)c1. The third-order valence-electron chi connectivity index (χ3n) is 4.30. The number of aromatic nitrogens is 1. The molecular weight excluding hydrogens is 379 g/mol. The molecule has 0 spiro atoms. The van der Waals surface area contributed by atoms with Gasteiger partial charge in [0.2, 0.25) is 0 Å². The van der Waals surface area contributed by atoms with Gasteiger partial charge in [-0.1, -0.05) is 42.5 Å². The Labute approximate surface area is 166 Å². The van der Waals surface area contributed by atoms with E-state index in [1.165, 1.54) is 30.0 Å². The fourth-order valence-corrected chi connectivity index (χ4v) is 2.86. The van der Waals surface area contributed by atoms with Crippen molar-refractivity contribution in [3.8, 4) is 0 Å². The van der Waals surface area contributed by atoms with E-state index >= 15 is 0 Å². The smallest absolute Gasteiger partial charge is 0.384 e. The Morgan fingerprint density at radius 3 is 2.45 bits per heavy atom. The zero-order valence-electron chi connectivity index (χ0n) is 15.5. The molecule has 1 amide bonds. The Bertz CT molecular complexity index is 959. The topological polar surface area (TPSA) is 54.0 Å². The maximum absolute atomic E-state index is 13.1. The van der Waals surface area contributed by atoms with Gasteiger partial charge in [-0.25, -0.2) is 0 Å². The second-order valence-electron chi connectivity index (χ2n) is 6.48. The van der Waals surface area contributed by atoms with Gasteiger partial charge in [0, 0.05) is 18.9 Å². The van der Waals surface area contributed by atoms with Gasteiger partial charge in [0.05, 0.1) is 22.5 Å². The third kappa shape index (κ3) is 5.81. The van der Waals surface area contributed by atoms with Crippen LogP contribution in [-0.2, 0) is 12.6 Å². The van der Waals surface area contributed by atoms with E-state index in [-0.39, 0.29) is 11.3 Å². The lowest BCUT2D eigenvalue weighted by Crippen LogP contribution is -2.17. The predicted octanol–water partition coefficient (Wildman–Crippen LogP) is 5.40. The molecule has 1 aromatic heterocycles. The number of para-hydroxylation sites is 1. The standard InChI is InChI=1S/C22H20F3N3O/c23-22(24,25)19-10-4-5-11-20(19)28-21(29)17-13-18(15-26-14-17)27-12-6-9-16-7-2-1-3-8-16/h1-5,7-8,10-11,13-15,27H,6,9,12H2,(H,28,29). The second-order valence-corrected chi connectivity index (χ2v) is 6.48. The van der Waals surface area contributed by atoms with Crippen LogP contribution in [-0.4, -0.2) is 17.4 Å². The lowest BCUT2D eigenvalue weighted by Gasteiger charge is -2.14. The summed E-state index contributed by atoms with van der Waals surface area (Å²) in [5.41, 5.74) is 0.872. The molecule has 2 aromatic carbocycles. The van der Waals surface area contributed by atoms with Gasteiger partial charge in [-0.3, -0.25) is 9.78 Å². The molecule has 0 aliphatic heterocycles. The highest BCUT2D eigenvalue weighted by Gasteiger charge is 2.33. The third-order valence-corrected chi connectivity index (χ3v) is 4.30. The van der Waals surface area contributed by atoms with Crippen molar-refractivity contribution in [2.45, 2.75) is 19.0 Å². The van der Waals surface area contributed by atoms with Crippen LogP contribution in [0.3, 0.4) is 0 Å². The molecule has 0 aliphatic rings. The highest BCUT2D eigenvalue weighted by molar-refractivity contribution is 6.05. The van der Waals surface area contributed by atoms with Gasteiger partial charge in [0.25, 0.3) is 5.91 Å². The van der Waals surface area contributed by atoms with Crippen molar-refractivity contribution < 1.29 is 18.0 Å². The Morgan fingerprint density at radius 1 is 0.966 bits per heavy atom. The quantitative estimate of drug-likeness (QED) is 0.523. The van der Waals surface area contributed by atoms with Crippen LogP contribution < -0.4 is 10.6 Å². The molecule has 2 N–H and O–H groups in total. The molecule has 0 saturated heterocycles. The first-order valence-electron chi connectivity index (χ1n) is 9.14. The van der Waals surface area contributed by atoms with Gasteiger partial charge >= 0.3 is 6.18 Å². The molecule has 150 valence electrons. The summed E-state index contributed by atoms with van der Waals surface area (Å²) in [5, 5.41) is 5.51. The molecule has 1 heterocycles. The van der Waals surface area contributed by atoms with Crippen molar-refractivity contribution in [2.75, 3.05) is 17.2 Å². The fourth-order valence-electron chi connectivity index (χ4n) is 2.86. The number of alkyl halides is 3. The second kappa shape index (κ2) is 9.23. The Hall–Kier alpha value is -3.35. The van der Waals surface area contributed by atoms with Crippen molar-refractivity contribution in [1.29, 1.82) is 0 Å². The van der Waals surface area contributed by atoms with Crippen LogP contribution in [0.15, 0.2) is 73.1 Å². The van der Waals surface area contributed by atoms with E-state index < -0.39 is 17.6 Å². The van der Waals surface area contributed by atoms with Crippen LogP contribution in [0.1, 0.15) is 27.9 Å². The van der Waals surface area contributed by atoms with Crippen LogP contribution in [0, 0.1) is 0 Å². The van der Waals surface area contributed by atoms with E-state index in [0.29, 0.717) is 12.2 Å². The molecule has 0 fully saturated rings. The largest absolute Gasteiger partial charge is 0.418 e. The predicted molar refractivity (Wildman–Crippen MR) is 107 cm³/mol. The number of benzene rings is 2. The summed E-state index contributed by atoms with van der Waals surface area (Å²) >= 11 is 0. The van der Waals surface area contributed by atoms with Gasteiger partial charge in [-0.05, 0) is 36.6 Å². The molecule has 0 bridgehead atoms. The first kappa shape index (κ1) is 20.4. The van der Waals surface area contributed by atoms with E-state index in [1.54, 1.807) is 12.3 Å². The van der Waals surface area contributed by atoms with Crippen LogP contribution in [0.2, 0.25) is 0 Å². The number of pyridine rings is 1. The molecular formula is C22H20F3N3O. The van der Waals surface area contributed by atoms with Crippen molar-refractivity contribution in [3.63, 3.8) is 0 Å². The molecule has 0 radical (unpaired) electrons. The zero-order valence-corrected chi connectivity index (χ0v) is 15.5. The number of anilines is 2. The minimum atomic E-state index is -4.55. The number of carbonyl (C=O) groups is 1. The molecule has 3 aromatic rings. The van der Waals surface area contributed by atoms with Gasteiger partial charge in [0.15, 0.2) is 0 Å². The summed E-state index contributed by atoms with van der Waals surface area (Å²) in [7, 11) is 0. The summed E-state index contributed by atoms with van der Waals surface area (Å²) in [6.45, 7) is 0.679. The first-order chi connectivity index (χ1) is 13.9. The van der Waals surface area contributed by atoms with Crippen LogP contribution >= 0.6 is 0 Å². The maximum atomic E-state index is 13.1. The number of amides is 1. The van der Waals surface area contributed by atoms with Crippen molar-refractivity contribution >= 4 is 17.3 Å². The lowest BCUT2D eigenvalue weighted by molar-refractivity contribution is -0.136. The van der Waals surface area contributed by atoms with Gasteiger partial charge in [-0.2, -0.15) is 13.2 Å². The summed E-state index contributed by atoms with van der Waals surface area (Å²) in [5.74, 6) is -0.651. The first-order valence-corrected chi connectivity index (χ1v) is 9.14. The minimum absolute atomic E-state index is 0.176. The zero-order chi connectivity index (χ0) is 20.7. The number of carbonyl (C=O) groups excluding carboxylic acids is 1. The molecule has 4 nitrogen and oxygen atoms in total. The normalized spacial score (nSPS) is 11.1. The Morgan fingerprint density at radius 2 is 1.69 bits per heavy atom. The molecule has 3 rings (SSSR count). The highest BCUT2D eigenvalue weighted by Crippen LogP contribution is 2.34. The Balaban J connectivity index is 1.60. The van der Waals surface area contributed by atoms with Gasteiger partial charge < -0.3 is 10.6 Å². The average Bonchev–Trinajstić information content (AvgIpc) is 2.72. The van der Waals surface area contributed by atoms with Gasteiger partial charge in [0.1, 0.15) is 0 Å². The number of nitrogens with one attached hydrogen (secondary N) is 2. The summed E-state index contributed by atoms with van der Waals surface area (Å²) in [6.07, 6.45) is 0.142. The van der Waals surface area contributed by atoms with Gasteiger partial charge in [-0.15, -0.1) is 0 Å². The molecule has 0 saturated carbocycles. The number of hydrogen-bond acceptors (Lipinski definition) is 3. The van der Waals surface area contributed by atoms with E-state index in [9.17, 15) is 18.0 Å². The Kier molecular flexibility index (Phi) is 6.49. The highest BCUT2D eigenvalue weighted by atomic mass is 19.4. The lowest BCUT2D eigenvalue weighted by atomic mass is 10.1. The fraction of sp³-hybridized carbons (Fsp3) is 0.182. The summed E-state index contributed by atoms with van der Waals surface area (Å²) in [4.78, 5) is 16.4. The van der Waals surface area contributed by atoms with Crippen molar-refractivity contribution in [2.24, 2.45) is 0 Å². The van der Waals surface area contributed by atoms with E-state index in [0.717, 1.165) is 18.9 Å². The van der Waals surface area contributed by atoms with Crippen molar-refractivity contribution in [3.05, 3.63) is 89.7 Å².